The summed E-state index contributed by atoms with van der Waals surface area (Å²) in [5, 5.41) is 0. The van der Waals surface area contributed by atoms with Crippen LogP contribution in [0.2, 0.25) is 0 Å². The largest absolute Gasteiger partial charge is 0.481 e. The number of halogens is 1. The molecule has 0 aliphatic rings. The van der Waals surface area contributed by atoms with E-state index < -0.39 is 5.95 Å². The van der Waals surface area contributed by atoms with Gasteiger partial charge in [-0.15, -0.1) is 0 Å². The van der Waals surface area contributed by atoms with Gasteiger partial charge in [-0.2, -0.15) is 4.39 Å². The zero-order valence-electron chi connectivity index (χ0n) is 16.4. The first-order chi connectivity index (χ1) is 13.0. The molecule has 0 unspecified atom stereocenters. The Hall–Kier alpha value is -2.57. The zero-order chi connectivity index (χ0) is 19.8. The van der Waals surface area contributed by atoms with Crippen molar-refractivity contribution >= 4 is 5.91 Å². The van der Waals surface area contributed by atoms with Gasteiger partial charge in [-0.25, -0.2) is 15.0 Å². The van der Waals surface area contributed by atoms with E-state index in [1.54, 1.807) is 12.0 Å². The molecule has 2 aromatic heterocycles. The number of ether oxygens (including phenoxy) is 1. The third-order valence-electron chi connectivity index (χ3n) is 4.23. The number of nitrogens with zero attached hydrogens (tertiary/aromatic N) is 4. The van der Waals surface area contributed by atoms with Gasteiger partial charge in [-0.1, -0.05) is 33.3 Å². The number of carbonyl (C=O) groups is 1. The number of hydrogen-bond donors (Lipinski definition) is 0. The van der Waals surface area contributed by atoms with Crippen molar-refractivity contribution < 1.29 is 13.9 Å². The Morgan fingerprint density at radius 1 is 1.30 bits per heavy atom. The van der Waals surface area contributed by atoms with Crippen LogP contribution in [0.4, 0.5) is 4.39 Å². The van der Waals surface area contributed by atoms with E-state index in [1.807, 2.05) is 0 Å². The van der Waals surface area contributed by atoms with E-state index >= 15 is 0 Å². The molecular formula is C20H27FN4O2. The van der Waals surface area contributed by atoms with Crippen LogP contribution >= 0.6 is 0 Å². The number of hydrogen-bond acceptors (Lipinski definition) is 5. The molecular weight excluding hydrogens is 347 g/mol. The highest BCUT2D eigenvalue weighted by atomic mass is 19.1. The Morgan fingerprint density at radius 3 is 2.70 bits per heavy atom. The first kappa shape index (κ1) is 20.7. The van der Waals surface area contributed by atoms with Crippen molar-refractivity contribution in [1.82, 2.24) is 19.9 Å². The molecule has 2 heterocycles. The smallest absolute Gasteiger partial charge is 0.272 e. The van der Waals surface area contributed by atoms with Crippen LogP contribution < -0.4 is 4.74 Å². The van der Waals surface area contributed by atoms with Gasteiger partial charge in [0.15, 0.2) is 0 Å². The third kappa shape index (κ3) is 5.70. The lowest BCUT2D eigenvalue weighted by Gasteiger charge is -2.24. The van der Waals surface area contributed by atoms with Crippen LogP contribution in [0.3, 0.4) is 0 Å². The molecule has 0 N–H and O–H groups in total. The van der Waals surface area contributed by atoms with Gasteiger partial charge in [0.05, 0.1) is 19.3 Å². The van der Waals surface area contributed by atoms with Crippen LogP contribution in [0.1, 0.15) is 55.4 Å². The minimum Gasteiger partial charge on any atom is -0.481 e. The summed E-state index contributed by atoms with van der Waals surface area (Å²) in [6.45, 7) is 7.09. The highest BCUT2D eigenvalue weighted by Gasteiger charge is 2.21. The predicted molar refractivity (Wildman–Crippen MR) is 101 cm³/mol. The van der Waals surface area contributed by atoms with Gasteiger partial charge >= 0.3 is 0 Å². The van der Waals surface area contributed by atoms with E-state index in [0.29, 0.717) is 24.9 Å². The first-order valence-corrected chi connectivity index (χ1v) is 9.24. The van der Waals surface area contributed by atoms with Crippen LogP contribution in [0.15, 0.2) is 24.5 Å². The van der Waals surface area contributed by atoms with Crippen molar-refractivity contribution in [3.63, 3.8) is 0 Å². The van der Waals surface area contributed by atoms with Crippen molar-refractivity contribution in [3.05, 3.63) is 47.4 Å². The number of rotatable bonds is 9. The van der Waals surface area contributed by atoms with Crippen LogP contribution in [0.25, 0.3) is 0 Å². The lowest BCUT2D eigenvalue weighted by Crippen LogP contribution is -2.33. The number of carbonyl (C=O) groups excluding carboxylic acids is 1. The monoisotopic (exact) mass is 374 g/mol. The Kier molecular flexibility index (Phi) is 7.64. The van der Waals surface area contributed by atoms with Crippen LogP contribution in [-0.4, -0.2) is 39.4 Å². The molecule has 0 spiro atoms. The second kappa shape index (κ2) is 9.94. The molecule has 0 radical (unpaired) electrons. The van der Waals surface area contributed by atoms with Crippen LogP contribution in [-0.2, 0) is 13.0 Å². The zero-order valence-corrected chi connectivity index (χ0v) is 16.4. The van der Waals surface area contributed by atoms with Gasteiger partial charge < -0.3 is 9.64 Å². The quantitative estimate of drug-likeness (QED) is 0.627. The van der Waals surface area contributed by atoms with E-state index in [2.05, 4.69) is 35.7 Å². The minimum atomic E-state index is -0.667. The van der Waals surface area contributed by atoms with Crippen molar-refractivity contribution in [2.45, 2.75) is 46.6 Å². The van der Waals surface area contributed by atoms with Gasteiger partial charge in [-0.3, -0.25) is 4.79 Å². The molecule has 6 nitrogen and oxygen atoms in total. The van der Waals surface area contributed by atoms with Gasteiger partial charge in [0, 0.05) is 12.1 Å². The third-order valence-corrected chi connectivity index (χ3v) is 4.23. The van der Waals surface area contributed by atoms with E-state index in [1.165, 1.54) is 24.5 Å². The molecule has 0 atom stereocenters. The second-order valence-electron chi connectivity index (χ2n) is 6.81. The number of pyridine rings is 1. The molecule has 1 amide bonds. The average molecular weight is 374 g/mol. The Morgan fingerprint density at radius 2 is 2.07 bits per heavy atom. The number of methoxy groups -OCH3 is 1. The summed E-state index contributed by atoms with van der Waals surface area (Å²) < 4.78 is 18.8. The van der Waals surface area contributed by atoms with E-state index in [0.717, 1.165) is 30.5 Å². The second-order valence-corrected chi connectivity index (χ2v) is 6.81. The molecule has 146 valence electrons. The van der Waals surface area contributed by atoms with Crippen molar-refractivity contribution in [2.24, 2.45) is 5.92 Å². The minimum absolute atomic E-state index is 0.0943. The lowest BCUT2D eigenvalue weighted by atomic mass is 10.1. The van der Waals surface area contributed by atoms with Gasteiger partial charge in [-0.05, 0) is 30.9 Å². The molecule has 0 saturated heterocycles. The summed E-state index contributed by atoms with van der Waals surface area (Å²) in [6, 6.07) is 4.25. The summed E-state index contributed by atoms with van der Waals surface area (Å²) >= 11 is 0. The standard InChI is InChI=1S/C20H27FN4O2/c1-5-7-15-17(22-13-23-19(15)27-4)12-25(11-10-14(2)3)20(26)16-8-6-9-18(21)24-16/h6,8-9,13-14H,5,7,10-12H2,1-4H3. The lowest BCUT2D eigenvalue weighted by molar-refractivity contribution is 0.0725. The fraction of sp³-hybridized carbons (Fsp3) is 0.500. The van der Waals surface area contributed by atoms with Crippen molar-refractivity contribution in [1.29, 1.82) is 0 Å². The highest BCUT2D eigenvalue weighted by Crippen LogP contribution is 2.21. The summed E-state index contributed by atoms with van der Waals surface area (Å²) in [7, 11) is 1.57. The Labute approximate surface area is 159 Å². The van der Waals surface area contributed by atoms with E-state index in [4.69, 9.17) is 4.74 Å². The van der Waals surface area contributed by atoms with Crippen molar-refractivity contribution in [3.8, 4) is 5.88 Å². The summed E-state index contributed by atoms with van der Waals surface area (Å²) in [5.74, 6) is -0.0204. The fourth-order valence-corrected chi connectivity index (χ4v) is 2.78. The predicted octanol–water partition coefficient (Wildman–Crippen LogP) is 3.66. The first-order valence-electron chi connectivity index (χ1n) is 9.24. The van der Waals surface area contributed by atoms with E-state index in [-0.39, 0.29) is 11.6 Å². The normalized spacial score (nSPS) is 10.9. The topological polar surface area (TPSA) is 68.2 Å². The van der Waals surface area contributed by atoms with Crippen LogP contribution in [0.5, 0.6) is 5.88 Å². The SMILES string of the molecule is CCCc1c(CN(CCC(C)C)C(=O)c2cccc(F)n2)ncnc1OC. The molecule has 2 rings (SSSR count). The summed E-state index contributed by atoms with van der Waals surface area (Å²) in [5.41, 5.74) is 1.74. The molecule has 7 heteroatoms. The highest BCUT2D eigenvalue weighted by molar-refractivity contribution is 5.92. The molecule has 0 aliphatic carbocycles. The maximum Gasteiger partial charge on any atom is 0.272 e. The molecule has 0 saturated carbocycles. The maximum atomic E-state index is 13.5. The molecule has 0 aromatic carbocycles. The molecule has 27 heavy (non-hydrogen) atoms. The number of aromatic nitrogens is 3. The molecule has 0 fully saturated rings. The van der Waals surface area contributed by atoms with Crippen LogP contribution in [0, 0.1) is 11.9 Å². The molecule has 0 aliphatic heterocycles. The average Bonchev–Trinajstić information content (AvgIpc) is 2.65. The molecule has 2 aromatic rings. The maximum absolute atomic E-state index is 13.5. The van der Waals surface area contributed by atoms with Gasteiger partial charge in [0.25, 0.3) is 5.91 Å². The van der Waals surface area contributed by atoms with Crippen molar-refractivity contribution in [2.75, 3.05) is 13.7 Å². The van der Waals surface area contributed by atoms with Gasteiger partial charge in [0.1, 0.15) is 12.0 Å². The van der Waals surface area contributed by atoms with E-state index in [9.17, 15) is 9.18 Å². The van der Waals surface area contributed by atoms with Gasteiger partial charge in [0.2, 0.25) is 11.8 Å². The fourth-order valence-electron chi connectivity index (χ4n) is 2.78. The molecule has 0 bridgehead atoms. The summed E-state index contributed by atoms with van der Waals surface area (Å²) in [6.07, 6.45) is 3.93. The Balaban J connectivity index is 2.33. The Bertz CT molecular complexity index is 767. The number of amides is 1. The summed E-state index contributed by atoms with van der Waals surface area (Å²) in [4.78, 5) is 26.9.